The van der Waals surface area contributed by atoms with E-state index in [0.29, 0.717) is 17.3 Å². The molecule has 5 heteroatoms. The third kappa shape index (κ3) is 12.3. The largest absolute Gasteiger partial charge is 0.508 e. The van der Waals surface area contributed by atoms with E-state index >= 15 is 0 Å². The number of phenols is 1. The number of rotatable bonds is 21. The molecule has 1 atom stereocenters. The van der Waals surface area contributed by atoms with Crippen LogP contribution < -0.4 is 4.74 Å². The zero-order valence-electron chi connectivity index (χ0n) is 26.3. The van der Waals surface area contributed by atoms with Crippen molar-refractivity contribution < 1.29 is 24.5 Å². The normalized spacial score (nSPS) is 12.0. The molecule has 0 amide bonds. The van der Waals surface area contributed by atoms with Gasteiger partial charge in [0, 0.05) is 18.8 Å². The van der Waals surface area contributed by atoms with Crippen LogP contribution in [0.2, 0.25) is 0 Å². The number of ether oxygens (including phenoxy) is 1. The van der Waals surface area contributed by atoms with Crippen molar-refractivity contribution in [1.29, 1.82) is 0 Å². The molecule has 0 bridgehead atoms. The number of aliphatic carboxylic acids is 1. The van der Waals surface area contributed by atoms with Gasteiger partial charge in [0.1, 0.15) is 17.3 Å². The lowest BCUT2D eigenvalue weighted by Gasteiger charge is -2.24. The number of carboxylic acid groups (broad SMARTS) is 1. The minimum atomic E-state index is -0.986. The number of aryl methyl sites for hydroxylation is 2. The Labute approximate surface area is 248 Å². The Kier molecular flexibility index (Phi) is 15.6. The van der Waals surface area contributed by atoms with Crippen molar-refractivity contribution in [3.8, 4) is 11.5 Å². The van der Waals surface area contributed by atoms with E-state index in [0.717, 1.165) is 68.1 Å². The molecule has 5 nitrogen and oxygen atoms in total. The van der Waals surface area contributed by atoms with Gasteiger partial charge in [-0.25, -0.2) is 4.79 Å². The van der Waals surface area contributed by atoms with Crippen LogP contribution in [0.4, 0.5) is 0 Å². The number of hydrogen-bond acceptors (Lipinski definition) is 4. The van der Waals surface area contributed by atoms with Gasteiger partial charge in [0.05, 0.1) is 0 Å². The van der Waals surface area contributed by atoms with Gasteiger partial charge in [-0.2, -0.15) is 0 Å². The first-order valence-corrected chi connectivity index (χ1v) is 15.9. The molecule has 2 aromatic rings. The van der Waals surface area contributed by atoms with Crippen LogP contribution in [0.3, 0.4) is 0 Å². The smallest absolute Gasteiger partial charge is 0.341 e. The van der Waals surface area contributed by atoms with E-state index < -0.39 is 5.97 Å². The lowest BCUT2D eigenvalue weighted by molar-refractivity contribution is -0.139. The fourth-order valence-corrected chi connectivity index (χ4v) is 5.87. The standard InChI is InChI=1S/C36H54O5/c1-6-7-14-17-30(37)18-15-12-10-8-9-11-13-16-19-32(29-20-21-34(38)33(24-29)26(2)3)36-27(4)22-31(23-28(36)5)41-25-35(39)40/h20-24,26,32,38H,6-19,25H2,1-5H3,(H,39,40). The lowest BCUT2D eigenvalue weighted by Crippen LogP contribution is -2.11. The van der Waals surface area contributed by atoms with Crippen molar-refractivity contribution in [3.05, 3.63) is 58.1 Å². The molecular formula is C36H54O5. The highest BCUT2D eigenvalue weighted by Crippen LogP contribution is 2.39. The van der Waals surface area contributed by atoms with Crippen LogP contribution in [0.15, 0.2) is 30.3 Å². The van der Waals surface area contributed by atoms with Gasteiger partial charge in [0.2, 0.25) is 0 Å². The molecule has 0 saturated heterocycles. The first-order valence-electron chi connectivity index (χ1n) is 15.9. The number of hydrogen-bond donors (Lipinski definition) is 2. The van der Waals surface area contributed by atoms with Crippen molar-refractivity contribution >= 4 is 11.8 Å². The number of carbonyl (C=O) groups excluding carboxylic acids is 1. The predicted molar refractivity (Wildman–Crippen MR) is 168 cm³/mol. The monoisotopic (exact) mass is 566 g/mol. The second-order valence-electron chi connectivity index (χ2n) is 12.0. The van der Waals surface area contributed by atoms with E-state index in [1.165, 1.54) is 49.7 Å². The zero-order chi connectivity index (χ0) is 30.2. The Hall–Kier alpha value is -2.82. The highest BCUT2D eigenvalue weighted by Gasteiger charge is 2.21. The molecular weight excluding hydrogens is 512 g/mol. The molecule has 2 N–H and O–H groups in total. The van der Waals surface area contributed by atoms with Crippen molar-refractivity contribution in [2.75, 3.05) is 6.61 Å². The van der Waals surface area contributed by atoms with E-state index in [1.807, 2.05) is 24.3 Å². The Bertz CT molecular complexity index is 1060. The minimum Gasteiger partial charge on any atom is -0.508 e. The first-order chi connectivity index (χ1) is 19.6. The van der Waals surface area contributed by atoms with Crippen molar-refractivity contribution in [2.45, 2.75) is 136 Å². The molecule has 41 heavy (non-hydrogen) atoms. The summed E-state index contributed by atoms with van der Waals surface area (Å²) in [6.07, 6.45) is 15.3. The number of aromatic hydroxyl groups is 1. The molecule has 0 heterocycles. The summed E-state index contributed by atoms with van der Waals surface area (Å²) < 4.78 is 5.48. The van der Waals surface area contributed by atoms with Gasteiger partial charge in [-0.3, -0.25) is 4.79 Å². The highest BCUT2D eigenvalue weighted by molar-refractivity contribution is 5.78. The van der Waals surface area contributed by atoms with Gasteiger partial charge >= 0.3 is 5.97 Å². The number of Topliss-reactive ketones (excluding diaryl/α,β-unsaturated/α-hetero) is 1. The first kappa shape index (κ1) is 34.4. The predicted octanol–water partition coefficient (Wildman–Crippen LogP) is 9.78. The van der Waals surface area contributed by atoms with Crippen LogP contribution in [0, 0.1) is 13.8 Å². The van der Waals surface area contributed by atoms with Crippen LogP contribution in [0.25, 0.3) is 0 Å². The number of carboxylic acids is 1. The Balaban J connectivity index is 1.95. The third-order valence-electron chi connectivity index (χ3n) is 8.11. The van der Waals surface area contributed by atoms with Crippen LogP contribution in [0.5, 0.6) is 11.5 Å². The average Bonchev–Trinajstić information content (AvgIpc) is 2.91. The van der Waals surface area contributed by atoms with E-state index in [2.05, 4.69) is 40.7 Å². The van der Waals surface area contributed by atoms with Gasteiger partial charge < -0.3 is 14.9 Å². The average molecular weight is 567 g/mol. The highest BCUT2D eigenvalue weighted by atomic mass is 16.5. The molecule has 0 aliphatic carbocycles. The number of ketones is 1. The minimum absolute atomic E-state index is 0.191. The molecule has 0 aliphatic rings. The van der Waals surface area contributed by atoms with E-state index in [-0.39, 0.29) is 18.4 Å². The van der Waals surface area contributed by atoms with E-state index in [4.69, 9.17) is 9.84 Å². The fraction of sp³-hybridized carbons (Fsp3) is 0.611. The maximum atomic E-state index is 11.9. The Morgan fingerprint density at radius 2 is 1.37 bits per heavy atom. The number of carbonyl (C=O) groups is 2. The second-order valence-corrected chi connectivity index (χ2v) is 12.0. The molecule has 0 radical (unpaired) electrons. The van der Waals surface area contributed by atoms with E-state index in [1.54, 1.807) is 0 Å². The summed E-state index contributed by atoms with van der Waals surface area (Å²) in [7, 11) is 0. The maximum absolute atomic E-state index is 11.9. The van der Waals surface area contributed by atoms with Crippen molar-refractivity contribution in [2.24, 2.45) is 0 Å². The molecule has 228 valence electrons. The molecule has 1 unspecified atom stereocenters. The molecule has 0 aromatic heterocycles. The summed E-state index contributed by atoms with van der Waals surface area (Å²) in [4.78, 5) is 22.9. The Morgan fingerprint density at radius 3 is 1.93 bits per heavy atom. The van der Waals surface area contributed by atoms with E-state index in [9.17, 15) is 14.7 Å². The van der Waals surface area contributed by atoms with Crippen molar-refractivity contribution in [1.82, 2.24) is 0 Å². The summed E-state index contributed by atoms with van der Waals surface area (Å²) >= 11 is 0. The van der Waals surface area contributed by atoms with Gasteiger partial charge in [0.25, 0.3) is 0 Å². The number of phenolic OH excluding ortho intramolecular Hbond substituents is 1. The van der Waals surface area contributed by atoms with Crippen LogP contribution >= 0.6 is 0 Å². The third-order valence-corrected chi connectivity index (χ3v) is 8.11. The van der Waals surface area contributed by atoms with Gasteiger partial charge in [-0.1, -0.05) is 90.7 Å². The van der Waals surface area contributed by atoms with Gasteiger partial charge in [0.15, 0.2) is 6.61 Å². The molecule has 2 aromatic carbocycles. The Morgan fingerprint density at radius 1 is 0.805 bits per heavy atom. The van der Waals surface area contributed by atoms with Crippen LogP contribution in [-0.4, -0.2) is 28.6 Å². The molecule has 2 rings (SSSR count). The van der Waals surface area contributed by atoms with Crippen molar-refractivity contribution in [3.63, 3.8) is 0 Å². The molecule has 0 saturated carbocycles. The topological polar surface area (TPSA) is 83.8 Å². The fourth-order valence-electron chi connectivity index (χ4n) is 5.87. The zero-order valence-corrected chi connectivity index (χ0v) is 26.3. The molecule has 0 spiro atoms. The molecule has 0 aliphatic heterocycles. The second kappa shape index (κ2) is 18.6. The quantitative estimate of drug-likeness (QED) is 0.147. The van der Waals surface area contributed by atoms with Crippen LogP contribution in [-0.2, 0) is 9.59 Å². The maximum Gasteiger partial charge on any atom is 0.341 e. The van der Waals surface area contributed by atoms with Gasteiger partial charge in [-0.05, 0) is 85.0 Å². The van der Waals surface area contributed by atoms with Gasteiger partial charge in [-0.15, -0.1) is 0 Å². The summed E-state index contributed by atoms with van der Waals surface area (Å²) in [5.41, 5.74) is 5.63. The molecule has 0 fully saturated rings. The SMILES string of the molecule is CCCCCC(=O)CCCCCCCCCCC(c1ccc(O)c(C(C)C)c1)c1c(C)cc(OCC(=O)O)cc1C. The summed E-state index contributed by atoms with van der Waals surface area (Å²) in [5.74, 6) is 0.796. The lowest BCUT2D eigenvalue weighted by atomic mass is 9.81. The number of unbranched alkanes of at least 4 members (excludes halogenated alkanes) is 9. The summed E-state index contributed by atoms with van der Waals surface area (Å²) in [6.45, 7) is 10.2. The summed E-state index contributed by atoms with van der Waals surface area (Å²) in [6, 6.07) is 9.92. The number of benzene rings is 2. The van der Waals surface area contributed by atoms with Crippen LogP contribution in [0.1, 0.15) is 150 Å². The summed E-state index contributed by atoms with van der Waals surface area (Å²) in [5, 5.41) is 19.5.